The van der Waals surface area contributed by atoms with E-state index in [2.05, 4.69) is 13.8 Å². The van der Waals surface area contributed by atoms with Gasteiger partial charge in [-0.25, -0.2) is 4.39 Å². The van der Waals surface area contributed by atoms with Gasteiger partial charge in [-0.05, 0) is 67.4 Å². The lowest BCUT2D eigenvalue weighted by Gasteiger charge is -2.32. The number of rotatable bonds is 13. The second kappa shape index (κ2) is 14.3. The van der Waals surface area contributed by atoms with E-state index in [9.17, 15) is 8.78 Å². The summed E-state index contributed by atoms with van der Waals surface area (Å²) in [6.45, 7) is 5.00. The molecule has 2 aliphatic rings. The van der Waals surface area contributed by atoms with E-state index in [1.165, 1.54) is 70.6 Å². The van der Waals surface area contributed by atoms with Crippen molar-refractivity contribution in [3.05, 3.63) is 29.3 Å². The van der Waals surface area contributed by atoms with Crippen molar-refractivity contribution < 1.29 is 13.5 Å². The van der Waals surface area contributed by atoms with Crippen LogP contribution in [0.4, 0.5) is 8.78 Å². The lowest BCUT2D eigenvalue weighted by molar-refractivity contribution is 0.226. The van der Waals surface area contributed by atoms with Gasteiger partial charge in [0.05, 0.1) is 6.61 Å². The van der Waals surface area contributed by atoms with Gasteiger partial charge in [-0.1, -0.05) is 97.0 Å². The van der Waals surface area contributed by atoms with Gasteiger partial charge >= 0.3 is 0 Å². The first-order chi connectivity index (χ1) is 16.1. The Morgan fingerprint density at radius 3 is 1.91 bits per heavy atom. The van der Waals surface area contributed by atoms with Gasteiger partial charge in [-0.3, -0.25) is 0 Å². The van der Waals surface area contributed by atoms with E-state index in [1.807, 2.05) is 0 Å². The molecule has 2 saturated carbocycles. The smallest absolute Gasteiger partial charge is 0.200 e. The van der Waals surface area contributed by atoms with Crippen molar-refractivity contribution in [3.8, 4) is 5.75 Å². The highest BCUT2D eigenvalue weighted by Crippen LogP contribution is 2.41. The van der Waals surface area contributed by atoms with Crippen LogP contribution in [0.2, 0.25) is 0 Å². The van der Waals surface area contributed by atoms with Crippen LogP contribution in [0, 0.1) is 29.4 Å². The summed E-state index contributed by atoms with van der Waals surface area (Å²) in [5, 5.41) is 0. The fourth-order valence-corrected chi connectivity index (χ4v) is 6.20. The van der Waals surface area contributed by atoms with Crippen LogP contribution >= 0.6 is 0 Å². The first-order valence-electron chi connectivity index (χ1n) is 14.2. The molecule has 1 nitrogen and oxygen atoms in total. The average Bonchev–Trinajstić information content (AvgIpc) is 2.85. The number of hydrogen-bond donors (Lipinski definition) is 0. The molecule has 2 aliphatic carbocycles. The van der Waals surface area contributed by atoms with Crippen LogP contribution in [0.1, 0.15) is 134 Å². The van der Waals surface area contributed by atoms with Gasteiger partial charge in [-0.15, -0.1) is 0 Å². The Morgan fingerprint density at radius 2 is 1.27 bits per heavy atom. The van der Waals surface area contributed by atoms with E-state index in [4.69, 9.17) is 4.74 Å². The van der Waals surface area contributed by atoms with Crippen LogP contribution in [-0.2, 0) is 0 Å². The van der Waals surface area contributed by atoms with Crippen molar-refractivity contribution in [2.45, 2.75) is 129 Å². The zero-order chi connectivity index (χ0) is 23.5. The highest BCUT2D eigenvalue weighted by atomic mass is 19.2. The number of hydrogen-bond acceptors (Lipinski definition) is 1. The Balaban J connectivity index is 1.38. The summed E-state index contributed by atoms with van der Waals surface area (Å²) in [5.74, 6) is 1.45. The van der Waals surface area contributed by atoms with Crippen molar-refractivity contribution in [2.75, 3.05) is 6.61 Å². The van der Waals surface area contributed by atoms with Gasteiger partial charge in [0.15, 0.2) is 11.6 Å². The van der Waals surface area contributed by atoms with Gasteiger partial charge in [0.25, 0.3) is 0 Å². The maximum atomic E-state index is 14.9. The second-order valence-electron chi connectivity index (χ2n) is 11.0. The summed E-state index contributed by atoms with van der Waals surface area (Å²) in [6.07, 6.45) is 21.0. The lowest BCUT2D eigenvalue weighted by Crippen LogP contribution is -2.18. The molecule has 0 heterocycles. The molecule has 33 heavy (non-hydrogen) atoms. The second-order valence-corrected chi connectivity index (χ2v) is 11.0. The summed E-state index contributed by atoms with van der Waals surface area (Å²) in [7, 11) is 0. The third-order valence-corrected chi connectivity index (χ3v) is 8.65. The minimum atomic E-state index is -0.789. The molecule has 0 N–H and O–H groups in total. The van der Waals surface area contributed by atoms with E-state index < -0.39 is 11.6 Å². The molecule has 0 radical (unpaired) electrons. The molecule has 0 aromatic heterocycles. The lowest BCUT2D eigenvalue weighted by atomic mass is 9.74. The Morgan fingerprint density at radius 1 is 0.697 bits per heavy atom. The van der Waals surface area contributed by atoms with Crippen LogP contribution in [0.3, 0.4) is 0 Å². The summed E-state index contributed by atoms with van der Waals surface area (Å²) in [4.78, 5) is 0. The largest absolute Gasteiger partial charge is 0.490 e. The van der Waals surface area contributed by atoms with Crippen molar-refractivity contribution in [3.63, 3.8) is 0 Å². The Hall–Kier alpha value is -1.12. The van der Waals surface area contributed by atoms with Crippen LogP contribution in [-0.4, -0.2) is 6.61 Å². The monoisotopic (exact) mass is 462 g/mol. The van der Waals surface area contributed by atoms with Crippen LogP contribution in [0.5, 0.6) is 5.75 Å². The molecule has 2 fully saturated rings. The van der Waals surface area contributed by atoms with Crippen LogP contribution in [0.15, 0.2) is 12.1 Å². The van der Waals surface area contributed by atoms with Crippen LogP contribution < -0.4 is 4.74 Å². The Bertz CT molecular complexity index is 672. The first kappa shape index (κ1) is 26.5. The van der Waals surface area contributed by atoms with Gasteiger partial charge in [0.1, 0.15) is 0 Å². The highest BCUT2D eigenvalue weighted by Gasteiger charge is 2.28. The summed E-state index contributed by atoms with van der Waals surface area (Å²) < 4.78 is 35.1. The molecule has 188 valence electrons. The molecule has 3 heteroatoms. The first-order valence-corrected chi connectivity index (χ1v) is 14.2. The van der Waals surface area contributed by atoms with Crippen molar-refractivity contribution in [1.82, 2.24) is 0 Å². The fraction of sp³-hybridized carbons (Fsp3) is 0.800. The third kappa shape index (κ3) is 8.25. The van der Waals surface area contributed by atoms with Crippen molar-refractivity contribution in [1.29, 1.82) is 0 Å². The van der Waals surface area contributed by atoms with E-state index in [-0.39, 0.29) is 11.7 Å². The molecule has 0 spiro atoms. The third-order valence-electron chi connectivity index (χ3n) is 8.65. The molecule has 3 rings (SSSR count). The summed E-state index contributed by atoms with van der Waals surface area (Å²) in [5.41, 5.74) is 0.566. The molecule has 0 amide bonds. The molecule has 0 bridgehead atoms. The fourth-order valence-electron chi connectivity index (χ4n) is 6.20. The van der Waals surface area contributed by atoms with Crippen molar-refractivity contribution >= 4 is 0 Å². The molecule has 0 aliphatic heterocycles. The van der Waals surface area contributed by atoms with Gasteiger partial charge in [0, 0.05) is 0 Å². The molecular weight excluding hydrogens is 414 g/mol. The van der Waals surface area contributed by atoms with E-state index in [1.54, 1.807) is 12.1 Å². The quantitative estimate of drug-likeness (QED) is 0.265. The van der Waals surface area contributed by atoms with E-state index >= 15 is 0 Å². The number of unbranched alkanes of at least 4 members (excludes halogenated alkanes) is 5. The van der Waals surface area contributed by atoms with Gasteiger partial charge in [0.2, 0.25) is 5.82 Å². The van der Waals surface area contributed by atoms with Gasteiger partial charge in [-0.2, -0.15) is 4.39 Å². The summed E-state index contributed by atoms with van der Waals surface area (Å²) >= 11 is 0. The highest BCUT2D eigenvalue weighted by molar-refractivity contribution is 5.33. The van der Waals surface area contributed by atoms with Gasteiger partial charge < -0.3 is 4.74 Å². The zero-order valence-corrected chi connectivity index (χ0v) is 21.4. The molecule has 0 atom stereocenters. The normalized spacial score (nSPS) is 25.8. The Labute approximate surface area is 202 Å². The zero-order valence-electron chi connectivity index (χ0n) is 21.4. The topological polar surface area (TPSA) is 9.23 Å². The van der Waals surface area contributed by atoms with E-state index in [0.717, 1.165) is 56.3 Å². The maximum Gasteiger partial charge on any atom is 0.200 e. The average molecular weight is 463 g/mol. The minimum Gasteiger partial charge on any atom is -0.490 e. The molecule has 0 unspecified atom stereocenters. The molecule has 1 aromatic carbocycles. The summed E-state index contributed by atoms with van der Waals surface area (Å²) in [6, 6.07) is 3.44. The molecular formula is C30H48F2O. The SMILES string of the molecule is CCCCCCCCOc1ccc(C2CCC(CCC3CCC(CC)CC3)CC2)c(F)c1F. The number of benzene rings is 1. The standard InChI is InChI=1S/C30H48F2O/c1-3-5-6-7-8-9-22-33-28-21-20-27(29(31)30(28)32)26-18-16-25(17-19-26)15-14-24-12-10-23(4-2)11-13-24/h20-21,23-26H,3-19,22H2,1-2H3. The number of halogens is 2. The minimum absolute atomic E-state index is 0.0799. The Kier molecular flexibility index (Phi) is 11.5. The molecule has 0 saturated heterocycles. The number of ether oxygens (including phenoxy) is 1. The predicted octanol–water partition coefficient (Wildman–Crippen LogP) is 9.97. The van der Waals surface area contributed by atoms with E-state index in [0.29, 0.717) is 12.2 Å². The van der Waals surface area contributed by atoms with Crippen LogP contribution in [0.25, 0.3) is 0 Å². The maximum absolute atomic E-state index is 14.9. The molecule has 1 aromatic rings. The van der Waals surface area contributed by atoms with Crippen molar-refractivity contribution in [2.24, 2.45) is 17.8 Å². The predicted molar refractivity (Wildman–Crippen MR) is 135 cm³/mol.